The number of carbonyl (C=O) groups excluding carboxylic acids is 1. The highest BCUT2D eigenvalue weighted by atomic mass is 19.4. The van der Waals surface area contributed by atoms with Crippen LogP contribution in [0, 0.1) is 0 Å². The monoisotopic (exact) mass is 448 g/mol. The lowest BCUT2D eigenvalue weighted by Crippen LogP contribution is -2.48. The van der Waals surface area contributed by atoms with Crippen LogP contribution in [0.5, 0.6) is 11.5 Å². The average Bonchev–Trinajstić information content (AvgIpc) is 2.77. The van der Waals surface area contributed by atoms with E-state index < -0.39 is 11.7 Å². The van der Waals surface area contributed by atoms with Gasteiger partial charge in [0.15, 0.2) is 11.5 Å². The van der Waals surface area contributed by atoms with Crippen LogP contribution in [0.3, 0.4) is 0 Å². The minimum Gasteiger partial charge on any atom is -0.493 e. The molecule has 172 valence electrons. The van der Waals surface area contributed by atoms with Crippen molar-refractivity contribution in [2.24, 2.45) is 0 Å². The summed E-state index contributed by atoms with van der Waals surface area (Å²) in [6, 6.07) is 10.7. The molecule has 2 aromatic rings. The van der Waals surface area contributed by atoms with Gasteiger partial charge in [0, 0.05) is 37.9 Å². The highest BCUT2D eigenvalue weighted by Gasteiger charge is 2.31. The maximum atomic E-state index is 13.0. The number of amides is 1. The Balaban J connectivity index is 1.59. The molecule has 1 aliphatic heterocycles. The first kappa shape index (κ1) is 23.5. The van der Waals surface area contributed by atoms with Crippen molar-refractivity contribution in [3.8, 4) is 11.5 Å². The van der Waals surface area contributed by atoms with E-state index in [0.717, 1.165) is 17.7 Å². The Kier molecular flexibility index (Phi) is 7.33. The van der Waals surface area contributed by atoms with Gasteiger partial charge in [-0.05, 0) is 55.8 Å². The van der Waals surface area contributed by atoms with Gasteiger partial charge >= 0.3 is 6.18 Å². The zero-order chi connectivity index (χ0) is 23.3. The highest BCUT2D eigenvalue weighted by Crippen LogP contribution is 2.32. The van der Waals surface area contributed by atoms with E-state index in [-0.39, 0.29) is 12.0 Å². The van der Waals surface area contributed by atoms with E-state index in [1.54, 1.807) is 36.3 Å². The summed E-state index contributed by atoms with van der Waals surface area (Å²) < 4.78 is 49.9. The van der Waals surface area contributed by atoms with Crippen molar-refractivity contribution in [2.45, 2.75) is 26.1 Å². The second-order valence-corrected chi connectivity index (χ2v) is 7.77. The lowest BCUT2D eigenvalue weighted by molar-refractivity contribution is -0.137. The minimum atomic E-state index is -4.37. The zero-order valence-corrected chi connectivity index (χ0v) is 18.4. The number of anilines is 1. The van der Waals surface area contributed by atoms with Crippen LogP contribution in [0.25, 0.3) is 6.08 Å². The van der Waals surface area contributed by atoms with Crippen LogP contribution in [0.2, 0.25) is 0 Å². The van der Waals surface area contributed by atoms with Crippen molar-refractivity contribution >= 4 is 17.7 Å². The molecule has 1 fully saturated rings. The van der Waals surface area contributed by atoms with Crippen LogP contribution < -0.4 is 14.4 Å². The maximum absolute atomic E-state index is 13.0. The molecule has 0 unspecified atom stereocenters. The molecule has 5 nitrogen and oxygen atoms in total. The summed E-state index contributed by atoms with van der Waals surface area (Å²) in [6.45, 7) is 5.66. The van der Waals surface area contributed by atoms with Gasteiger partial charge in [0.1, 0.15) is 0 Å². The fraction of sp³-hybridized carbons (Fsp3) is 0.375. The van der Waals surface area contributed by atoms with E-state index in [1.807, 2.05) is 24.8 Å². The molecule has 0 radical (unpaired) electrons. The third kappa shape index (κ3) is 5.96. The molecule has 2 aromatic carbocycles. The number of benzene rings is 2. The SMILES string of the molecule is COc1cc(/C=C/C(=O)N2CCN(c3cccc(C(F)(F)F)c3)CC2)ccc1OC(C)C. The van der Waals surface area contributed by atoms with E-state index >= 15 is 0 Å². The average molecular weight is 448 g/mol. The standard InChI is InChI=1S/C24H27F3N2O3/c1-17(2)32-21-9-7-18(15-22(21)31-3)8-10-23(30)29-13-11-28(12-14-29)20-6-4-5-19(16-20)24(25,26)27/h4-10,15-17H,11-14H2,1-3H3/b10-8+. The van der Waals surface area contributed by atoms with Crippen molar-refractivity contribution in [1.82, 2.24) is 4.90 Å². The van der Waals surface area contributed by atoms with Crippen LogP contribution in [0.4, 0.5) is 18.9 Å². The predicted octanol–water partition coefficient (Wildman–Crippen LogP) is 4.86. The van der Waals surface area contributed by atoms with Gasteiger partial charge in [0.05, 0.1) is 18.8 Å². The van der Waals surface area contributed by atoms with Gasteiger partial charge in [0.2, 0.25) is 5.91 Å². The van der Waals surface area contributed by atoms with Crippen LogP contribution >= 0.6 is 0 Å². The van der Waals surface area contributed by atoms with Crippen LogP contribution in [-0.2, 0) is 11.0 Å². The van der Waals surface area contributed by atoms with Crippen LogP contribution in [-0.4, -0.2) is 50.2 Å². The van der Waals surface area contributed by atoms with E-state index in [9.17, 15) is 18.0 Å². The van der Waals surface area contributed by atoms with Gasteiger partial charge in [-0.15, -0.1) is 0 Å². The number of ether oxygens (including phenoxy) is 2. The molecule has 0 saturated carbocycles. The van der Waals surface area contributed by atoms with Gasteiger partial charge in [-0.25, -0.2) is 0 Å². The zero-order valence-electron chi connectivity index (χ0n) is 18.4. The summed E-state index contributed by atoms with van der Waals surface area (Å²) in [5.41, 5.74) is 0.642. The third-order valence-corrected chi connectivity index (χ3v) is 5.10. The smallest absolute Gasteiger partial charge is 0.416 e. The van der Waals surface area contributed by atoms with Crippen LogP contribution in [0.1, 0.15) is 25.0 Å². The topological polar surface area (TPSA) is 42.0 Å². The normalized spacial score (nSPS) is 14.8. The van der Waals surface area contributed by atoms with Crippen LogP contribution in [0.15, 0.2) is 48.5 Å². The lowest BCUT2D eigenvalue weighted by atomic mass is 10.1. The number of piperazine rings is 1. The first-order valence-corrected chi connectivity index (χ1v) is 10.4. The van der Waals surface area contributed by atoms with Gasteiger partial charge in [-0.1, -0.05) is 12.1 Å². The second-order valence-electron chi connectivity index (χ2n) is 7.77. The molecule has 0 aliphatic carbocycles. The minimum absolute atomic E-state index is 0.0153. The molecule has 1 heterocycles. The Hall–Kier alpha value is -3.16. The number of rotatable bonds is 6. The van der Waals surface area contributed by atoms with Gasteiger partial charge in [-0.3, -0.25) is 4.79 Å². The first-order chi connectivity index (χ1) is 15.2. The molecule has 8 heteroatoms. The maximum Gasteiger partial charge on any atom is 0.416 e. The number of carbonyl (C=O) groups is 1. The molecule has 0 N–H and O–H groups in total. The second kappa shape index (κ2) is 9.97. The fourth-order valence-electron chi connectivity index (χ4n) is 3.48. The van der Waals surface area contributed by atoms with Gasteiger partial charge in [-0.2, -0.15) is 13.2 Å². The molecule has 0 aromatic heterocycles. The molecule has 0 atom stereocenters. The summed E-state index contributed by atoms with van der Waals surface area (Å²) in [5, 5.41) is 0. The molecule has 1 aliphatic rings. The molecule has 0 bridgehead atoms. The Labute approximate surface area is 186 Å². The number of hydrogen-bond donors (Lipinski definition) is 0. The summed E-state index contributed by atoms with van der Waals surface area (Å²) in [6.07, 6.45) is -1.15. The summed E-state index contributed by atoms with van der Waals surface area (Å²) in [4.78, 5) is 16.1. The highest BCUT2D eigenvalue weighted by molar-refractivity contribution is 5.92. The predicted molar refractivity (Wildman–Crippen MR) is 118 cm³/mol. The Bertz CT molecular complexity index is 965. The number of nitrogens with zero attached hydrogens (tertiary/aromatic N) is 2. The van der Waals surface area contributed by atoms with Crippen molar-refractivity contribution in [2.75, 3.05) is 38.2 Å². The first-order valence-electron chi connectivity index (χ1n) is 10.4. The van der Waals surface area contributed by atoms with Gasteiger partial charge < -0.3 is 19.3 Å². The Morgan fingerprint density at radius 3 is 2.38 bits per heavy atom. The van der Waals surface area contributed by atoms with Crippen molar-refractivity contribution in [3.05, 3.63) is 59.7 Å². The quantitative estimate of drug-likeness (QED) is 0.592. The van der Waals surface area contributed by atoms with E-state index in [1.165, 1.54) is 12.1 Å². The van der Waals surface area contributed by atoms with E-state index in [0.29, 0.717) is 43.4 Å². The van der Waals surface area contributed by atoms with E-state index in [4.69, 9.17) is 9.47 Å². The lowest BCUT2D eigenvalue weighted by Gasteiger charge is -2.35. The van der Waals surface area contributed by atoms with Crippen molar-refractivity contribution in [1.29, 1.82) is 0 Å². The van der Waals surface area contributed by atoms with Gasteiger partial charge in [0.25, 0.3) is 0 Å². The molecule has 3 rings (SSSR count). The van der Waals surface area contributed by atoms with E-state index in [2.05, 4.69) is 0 Å². The number of halogens is 3. The summed E-state index contributed by atoms with van der Waals surface area (Å²) >= 11 is 0. The fourth-order valence-corrected chi connectivity index (χ4v) is 3.48. The van der Waals surface area contributed by atoms with Crippen molar-refractivity contribution in [3.63, 3.8) is 0 Å². The molecule has 1 saturated heterocycles. The molecular weight excluding hydrogens is 421 g/mol. The molecule has 0 spiro atoms. The number of methoxy groups -OCH3 is 1. The Morgan fingerprint density at radius 2 is 1.75 bits per heavy atom. The summed E-state index contributed by atoms with van der Waals surface area (Å²) in [7, 11) is 1.56. The molecule has 32 heavy (non-hydrogen) atoms. The molecule has 1 amide bonds. The van der Waals surface area contributed by atoms with Crippen molar-refractivity contribution < 1.29 is 27.4 Å². The largest absolute Gasteiger partial charge is 0.493 e. The summed E-state index contributed by atoms with van der Waals surface area (Å²) in [5.74, 6) is 1.08. The number of alkyl halides is 3. The third-order valence-electron chi connectivity index (χ3n) is 5.10. The molecular formula is C24H27F3N2O3. The number of hydrogen-bond acceptors (Lipinski definition) is 4. The Morgan fingerprint density at radius 1 is 1.03 bits per heavy atom.